The lowest BCUT2D eigenvalue weighted by Crippen LogP contribution is -2.34. The van der Waals surface area contributed by atoms with Gasteiger partial charge in [-0.1, -0.05) is 18.2 Å². The first-order valence-corrected chi connectivity index (χ1v) is 10.4. The van der Waals surface area contributed by atoms with Crippen LogP contribution in [0.15, 0.2) is 35.9 Å². The lowest BCUT2D eigenvalue weighted by Gasteiger charge is -2.23. The molecule has 1 aliphatic rings. The molecule has 1 aliphatic carbocycles. The highest BCUT2D eigenvalue weighted by molar-refractivity contribution is 14.1. The van der Waals surface area contributed by atoms with Gasteiger partial charge < -0.3 is 9.50 Å². The van der Waals surface area contributed by atoms with Crippen molar-refractivity contribution in [3.05, 3.63) is 41.5 Å². The Hall–Kier alpha value is -1.27. The SMILES string of the molecule is O=C(I)NCc1ccc(NS(=O)(=O)C2CCCC=C2C(=O)OS)cc1. The molecular formula is C15H17IN2O5S2. The van der Waals surface area contributed by atoms with Gasteiger partial charge in [0.25, 0.3) is 3.91 Å². The summed E-state index contributed by atoms with van der Waals surface area (Å²) in [6.45, 7) is 0.359. The van der Waals surface area contributed by atoms with E-state index in [1.807, 2.05) is 0 Å². The van der Waals surface area contributed by atoms with E-state index in [1.165, 1.54) is 0 Å². The molecule has 0 aliphatic heterocycles. The van der Waals surface area contributed by atoms with Gasteiger partial charge in [0.15, 0.2) is 0 Å². The van der Waals surface area contributed by atoms with Crippen molar-refractivity contribution >= 4 is 61.1 Å². The van der Waals surface area contributed by atoms with E-state index in [2.05, 4.69) is 27.1 Å². The van der Waals surface area contributed by atoms with Gasteiger partial charge in [-0.05, 0) is 37.0 Å². The van der Waals surface area contributed by atoms with Crippen molar-refractivity contribution in [1.82, 2.24) is 5.32 Å². The average molecular weight is 496 g/mol. The minimum Gasteiger partial charge on any atom is -0.391 e. The number of anilines is 1. The van der Waals surface area contributed by atoms with Crippen molar-refractivity contribution in [3.8, 4) is 0 Å². The van der Waals surface area contributed by atoms with Crippen LogP contribution >= 0.6 is 35.5 Å². The van der Waals surface area contributed by atoms with Crippen LogP contribution in [0.5, 0.6) is 0 Å². The van der Waals surface area contributed by atoms with Crippen LogP contribution in [0.4, 0.5) is 10.5 Å². The van der Waals surface area contributed by atoms with Crippen molar-refractivity contribution in [2.75, 3.05) is 4.72 Å². The molecule has 1 amide bonds. The molecule has 0 spiro atoms. The molecule has 0 fully saturated rings. The molecule has 1 aromatic rings. The van der Waals surface area contributed by atoms with Crippen LogP contribution in [0.25, 0.3) is 0 Å². The molecule has 1 aromatic carbocycles. The number of carbonyl (C=O) groups is 2. The first-order valence-electron chi connectivity index (χ1n) is 7.43. The summed E-state index contributed by atoms with van der Waals surface area (Å²) in [5, 5.41) is 1.68. The summed E-state index contributed by atoms with van der Waals surface area (Å²) in [5.74, 6) is -0.747. The smallest absolute Gasteiger partial charge is 0.346 e. The molecule has 136 valence electrons. The lowest BCUT2D eigenvalue weighted by atomic mass is 9.99. The highest BCUT2D eigenvalue weighted by Gasteiger charge is 2.35. The van der Waals surface area contributed by atoms with Gasteiger partial charge >= 0.3 is 5.97 Å². The zero-order chi connectivity index (χ0) is 18.4. The molecule has 0 bridgehead atoms. The Bertz CT molecular complexity index is 778. The van der Waals surface area contributed by atoms with E-state index in [0.717, 1.165) is 5.56 Å². The number of benzene rings is 1. The molecule has 25 heavy (non-hydrogen) atoms. The summed E-state index contributed by atoms with van der Waals surface area (Å²) < 4.78 is 32.0. The fourth-order valence-corrected chi connectivity index (χ4v) is 4.44. The van der Waals surface area contributed by atoms with Gasteiger partial charge in [-0.2, -0.15) is 0 Å². The number of rotatable bonds is 6. The standard InChI is InChI=1S/C15H17IN2O5S2/c16-15(20)17-9-10-5-7-11(8-6-10)18-25(21,22)13-4-2-1-3-12(13)14(19)23-24/h3,5-8,13,18,24H,1-2,4,9H2,(H,17,20). The third-order valence-electron chi connectivity index (χ3n) is 3.72. The number of amides is 1. The van der Waals surface area contributed by atoms with Crippen LogP contribution in [-0.2, 0) is 25.5 Å². The van der Waals surface area contributed by atoms with Gasteiger partial charge in [0.2, 0.25) is 10.0 Å². The molecule has 0 radical (unpaired) electrons. The molecule has 2 N–H and O–H groups in total. The molecule has 7 nitrogen and oxygen atoms in total. The van der Waals surface area contributed by atoms with Gasteiger partial charge in [0, 0.05) is 47.7 Å². The molecule has 1 unspecified atom stereocenters. The first kappa shape index (κ1) is 20.0. The number of halogens is 1. The summed E-state index contributed by atoms with van der Waals surface area (Å²) in [6, 6.07) is 6.64. The van der Waals surface area contributed by atoms with Gasteiger partial charge in [0.1, 0.15) is 5.25 Å². The molecule has 0 saturated heterocycles. The number of sulfonamides is 1. The van der Waals surface area contributed by atoms with Crippen LogP contribution in [0, 0.1) is 0 Å². The predicted octanol–water partition coefficient (Wildman–Crippen LogP) is 2.94. The number of hydrogen-bond donors (Lipinski definition) is 3. The second-order valence-corrected chi connectivity index (χ2v) is 8.45. The Kier molecular flexibility index (Phi) is 7.14. The van der Waals surface area contributed by atoms with Crippen LogP contribution < -0.4 is 10.0 Å². The van der Waals surface area contributed by atoms with Crippen LogP contribution in [0.1, 0.15) is 24.8 Å². The van der Waals surface area contributed by atoms with Crippen molar-refractivity contribution in [3.63, 3.8) is 0 Å². The second-order valence-electron chi connectivity index (χ2n) is 5.43. The van der Waals surface area contributed by atoms with Crippen LogP contribution in [0.2, 0.25) is 0 Å². The molecule has 0 aromatic heterocycles. The summed E-state index contributed by atoms with van der Waals surface area (Å²) in [5.41, 5.74) is 1.33. The number of nitrogens with one attached hydrogen (secondary N) is 2. The van der Waals surface area contributed by atoms with Crippen molar-refractivity contribution < 1.29 is 22.2 Å². The molecular weight excluding hydrogens is 479 g/mol. The third kappa shape index (κ3) is 5.61. The van der Waals surface area contributed by atoms with Gasteiger partial charge in [-0.25, -0.2) is 13.2 Å². The van der Waals surface area contributed by atoms with Crippen LogP contribution in [0.3, 0.4) is 0 Å². The van der Waals surface area contributed by atoms with Gasteiger partial charge in [-0.3, -0.25) is 9.52 Å². The predicted molar refractivity (Wildman–Crippen MR) is 106 cm³/mol. The zero-order valence-electron chi connectivity index (χ0n) is 13.1. The molecule has 2 rings (SSSR count). The van der Waals surface area contributed by atoms with E-state index in [4.69, 9.17) is 0 Å². The normalized spacial score (nSPS) is 17.4. The topological polar surface area (TPSA) is 102 Å². The third-order valence-corrected chi connectivity index (χ3v) is 6.03. The maximum Gasteiger partial charge on any atom is 0.346 e. The largest absolute Gasteiger partial charge is 0.391 e. The highest BCUT2D eigenvalue weighted by atomic mass is 127. The maximum atomic E-state index is 12.6. The highest BCUT2D eigenvalue weighted by Crippen LogP contribution is 2.27. The Labute approximate surface area is 165 Å². The number of carbonyl (C=O) groups excluding carboxylic acids is 2. The Balaban J connectivity index is 2.12. The van der Waals surface area contributed by atoms with Crippen molar-refractivity contribution in [2.24, 2.45) is 0 Å². The van der Waals surface area contributed by atoms with E-state index in [9.17, 15) is 18.0 Å². The minimum absolute atomic E-state index is 0.107. The van der Waals surface area contributed by atoms with Gasteiger partial charge in [-0.15, -0.1) is 0 Å². The van der Waals surface area contributed by atoms with Crippen LogP contribution in [-0.4, -0.2) is 23.6 Å². The van der Waals surface area contributed by atoms with E-state index in [-0.39, 0.29) is 9.49 Å². The molecule has 10 heteroatoms. The summed E-state index contributed by atoms with van der Waals surface area (Å²) in [6.07, 6.45) is 3.22. The Morgan fingerprint density at radius 3 is 2.56 bits per heavy atom. The monoisotopic (exact) mass is 496 g/mol. The maximum absolute atomic E-state index is 12.6. The quantitative estimate of drug-likeness (QED) is 0.185. The molecule has 0 heterocycles. The van der Waals surface area contributed by atoms with E-state index < -0.39 is 21.2 Å². The average Bonchev–Trinajstić information content (AvgIpc) is 2.60. The Morgan fingerprint density at radius 1 is 1.28 bits per heavy atom. The number of allylic oxidation sites excluding steroid dienone is 1. The lowest BCUT2D eigenvalue weighted by molar-refractivity contribution is -0.128. The minimum atomic E-state index is -3.80. The first-order chi connectivity index (χ1) is 11.8. The summed E-state index contributed by atoms with van der Waals surface area (Å²) in [7, 11) is -3.80. The fourth-order valence-electron chi connectivity index (χ4n) is 2.54. The van der Waals surface area contributed by atoms with Gasteiger partial charge in [0.05, 0.1) is 5.57 Å². The number of thiol groups is 1. The molecule has 1 atom stereocenters. The van der Waals surface area contributed by atoms with E-state index in [0.29, 0.717) is 31.5 Å². The number of hydrogen-bond acceptors (Lipinski definition) is 6. The van der Waals surface area contributed by atoms with E-state index >= 15 is 0 Å². The zero-order valence-corrected chi connectivity index (χ0v) is 16.9. The summed E-state index contributed by atoms with van der Waals surface area (Å²) >= 11 is 5.11. The molecule has 0 saturated carbocycles. The summed E-state index contributed by atoms with van der Waals surface area (Å²) in [4.78, 5) is 22.6. The Morgan fingerprint density at radius 2 is 1.96 bits per heavy atom. The van der Waals surface area contributed by atoms with Crippen molar-refractivity contribution in [1.29, 1.82) is 0 Å². The van der Waals surface area contributed by atoms with Crippen molar-refractivity contribution in [2.45, 2.75) is 31.1 Å². The second kappa shape index (κ2) is 8.90. The fraction of sp³-hybridized carbons (Fsp3) is 0.333. The van der Waals surface area contributed by atoms with E-state index in [1.54, 1.807) is 52.9 Å².